The molecule has 1 aliphatic heterocycles. The second kappa shape index (κ2) is 4.72. The van der Waals surface area contributed by atoms with E-state index in [1.165, 1.54) is 19.3 Å². The molecule has 0 atom stereocenters. The zero-order valence-corrected chi connectivity index (χ0v) is 9.80. The van der Waals surface area contributed by atoms with Crippen LogP contribution in [0.25, 0.3) is 10.8 Å². The Bertz CT molecular complexity index is 501. The summed E-state index contributed by atoms with van der Waals surface area (Å²) in [7, 11) is 0. The summed E-state index contributed by atoms with van der Waals surface area (Å²) in [6.07, 6.45) is 7.46. The van der Waals surface area contributed by atoms with E-state index >= 15 is 0 Å². The van der Waals surface area contributed by atoms with Crippen LogP contribution in [0, 0.1) is 0 Å². The highest BCUT2D eigenvalue weighted by molar-refractivity contribution is 5.87. The van der Waals surface area contributed by atoms with Gasteiger partial charge in [-0.3, -0.25) is 4.98 Å². The standard InChI is InChI=1S/C14H16N2O/c1-2-9-16(10-3-1)17-14-6-4-5-12-11-15-8-7-13(12)14/h4-8,11H,1-3,9-10H2. The van der Waals surface area contributed by atoms with Crippen molar-refractivity contribution in [2.24, 2.45) is 0 Å². The monoisotopic (exact) mass is 228 g/mol. The highest BCUT2D eigenvalue weighted by Crippen LogP contribution is 2.26. The molecule has 1 saturated heterocycles. The number of hydroxylamine groups is 2. The average molecular weight is 228 g/mol. The van der Waals surface area contributed by atoms with Crippen LogP contribution in [0.2, 0.25) is 0 Å². The van der Waals surface area contributed by atoms with Gasteiger partial charge in [-0.2, -0.15) is 0 Å². The van der Waals surface area contributed by atoms with Gasteiger partial charge in [0.2, 0.25) is 0 Å². The first kappa shape index (κ1) is 10.5. The van der Waals surface area contributed by atoms with E-state index in [1.54, 1.807) is 0 Å². The largest absolute Gasteiger partial charge is 0.405 e. The van der Waals surface area contributed by atoms with E-state index in [9.17, 15) is 0 Å². The molecule has 0 unspecified atom stereocenters. The van der Waals surface area contributed by atoms with Crippen LogP contribution in [-0.4, -0.2) is 23.1 Å². The van der Waals surface area contributed by atoms with Gasteiger partial charge >= 0.3 is 0 Å². The predicted molar refractivity (Wildman–Crippen MR) is 67.8 cm³/mol. The second-order valence-corrected chi connectivity index (χ2v) is 4.43. The molecule has 2 aromatic rings. The van der Waals surface area contributed by atoms with Crippen molar-refractivity contribution in [1.29, 1.82) is 0 Å². The maximum atomic E-state index is 5.97. The predicted octanol–water partition coefficient (Wildman–Crippen LogP) is 3.01. The first-order valence-electron chi connectivity index (χ1n) is 6.19. The highest BCUT2D eigenvalue weighted by Gasteiger charge is 2.12. The molecular weight excluding hydrogens is 212 g/mol. The van der Waals surface area contributed by atoms with Crippen molar-refractivity contribution in [3.05, 3.63) is 36.7 Å². The third-order valence-corrected chi connectivity index (χ3v) is 3.18. The molecule has 0 bridgehead atoms. The lowest BCUT2D eigenvalue weighted by molar-refractivity contribution is -0.0706. The van der Waals surface area contributed by atoms with Crippen molar-refractivity contribution < 1.29 is 4.84 Å². The Labute approximate surface area is 101 Å². The van der Waals surface area contributed by atoms with Gasteiger partial charge in [-0.1, -0.05) is 18.6 Å². The van der Waals surface area contributed by atoms with Crippen molar-refractivity contribution in [2.75, 3.05) is 13.1 Å². The summed E-state index contributed by atoms with van der Waals surface area (Å²) in [6, 6.07) is 8.11. The number of hydrogen-bond acceptors (Lipinski definition) is 3. The Balaban J connectivity index is 1.89. The third-order valence-electron chi connectivity index (χ3n) is 3.18. The van der Waals surface area contributed by atoms with E-state index in [0.717, 1.165) is 29.6 Å². The van der Waals surface area contributed by atoms with E-state index in [2.05, 4.69) is 16.1 Å². The lowest BCUT2D eigenvalue weighted by Gasteiger charge is -2.26. The number of hydrogen-bond donors (Lipinski definition) is 0. The Morgan fingerprint density at radius 2 is 1.94 bits per heavy atom. The van der Waals surface area contributed by atoms with Gasteiger partial charge in [-0.25, -0.2) is 0 Å². The normalized spacial score (nSPS) is 17.2. The Kier molecular flexibility index (Phi) is 2.92. The van der Waals surface area contributed by atoms with Gasteiger partial charge in [-0.15, -0.1) is 5.06 Å². The molecule has 0 N–H and O–H groups in total. The van der Waals surface area contributed by atoms with Crippen molar-refractivity contribution in [3.8, 4) is 5.75 Å². The lowest BCUT2D eigenvalue weighted by atomic mass is 10.1. The number of nitrogens with zero attached hydrogens (tertiary/aromatic N) is 2. The van der Waals surface area contributed by atoms with Gasteiger partial charge in [0.05, 0.1) is 0 Å². The fourth-order valence-electron chi connectivity index (χ4n) is 2.27. The first-order chi connectivity index (χ1) is 8.43. The van der Waals surface area contributed by atoms with Crippen LogP contribution in [0.5, 0.6) is 5.75 Å². The minimum Gasteiger partial charge on any atom is -0.405 e. The van der Waals surface area contributed by atoms with Crippen molar-refractivity contribution in [2.45, 2.75) is 19.3 Å². The molecule has 3 nitrogen and oxygen atoms in total. The average Bonchev–Trinajstić information content (AvgIpc) is 2.40. The first-order valence-corrected chi connectivity index (χ1v) is 6.19. The molecular formula is C14H16N2O. The summed E-state index contributed by atoms with van der Waals surface area (Å²) < 4.78 is 0. The maximum Gasteiger partial charge on any atom is 0.155 e. The number of rotatable bonds is 2. The highest BCUT2D eigenvalue weighted by atomic mass is 16.7. The Hall–Kier alpha value is -1.61. The van der Waals surface area contributed by atoms with Gasteiger partial charge in [0.1, 0.15) is 0 Å². The SMILES string of the molecule is c1cc(ON2CCCCC2)c2ccncc2c1. The smallest absolute Gasteiger partial charge is 0.155 e. The van der Waals surface area contributed by atoms with E-state index in [0.29, 0.717) is 0 Å². The molecule has 0 saturated carbocycles. The van der Waals surface area contributed by atoms with Gasteiger partial charge < -0.3 is 4.84 Å². The van der Waals surface area contributed by atoms with Crippen LogP contribution in [0.4, 0.5) is 0 Å². The van der Waals surface area contributed by atoms with Crippen LogP contribution in [0.3, 0.4) is 0 Å². The fourth-order valence-corrected chi connectivity index (χ4v) is 2.27. The Morgan fingerprint density at radius 3 is 2.82 bits per heavy atom. The molecule has 1 aliphatic rings. The van der Waals surface area contributed by atoms with Crippen molar-refractivity contribution in [1.82, 2.24) is 10.0 Å². The number of benzene rings is 1. The molecule has 2 heterocycles. The fraction of sp³-hybridized carbons (Fsp3) is 0.357. The minimum absolute atomic E-state index is 0.937. The van der Waals surface area contributed by atoms with E-state index in [-0.39, 0.29) is 0 Å². The van der Waals surface area contributed by atoms with Crippen molar-refractivity contribution in [3.63, 3.8) is 0 Å². The van der Waals surface area contributed by atoms with E-state index in [1.807, 2.05) is 30.6 Å². The van der Waals surface area contributed by atoms with E-state index in [4.69, 9.17) is 4.84 Å². The third kappa shape index (κ3) is 2.24. The van der Waals surface area contributed by atoms with Crippen molar-refractivity contribution >= 4 is 10.8 Å². The molecule has 1 aromatic carbocycles. The molecule has 0 radical (unpaired) electrons. The Morgan fingerprint density at radius 1 is 1.06 bits per heavy atom. The summed E-state index contributed by atoms with van der Waals surface area (Å²) in [4.78, 5) is 10.1. The summed E-state index contributed by atoms with van der Waals surface area (Å²) >= 11 is 0. The van der Waals surface area contributed by atoms with Crippen LogP contribution in [-0.2, 0) is 0 Å². The van der Waals surface area contributed by atoms with Crippen LogP contribution in [0.15, 0.2) is 36.7 Å². The lowest BCUT2D eigenvalue weighted by Crippen LogP contribution is -2.32. The van der Waals surface area contributed by atoms with E-state index < -0.39 is 0 Å². The van der Waals surface area contributed by atoms with Gasteiger partial charge in [0.15, 0.2) is 5.75 Å². The maximum absolute atomic E-state index is 5.97. The number of fused-ring (bicyclic) bond motifs is 1. The van der Waals surface area contributed by atoms with Crippen LogP contribution >= 0.6 is 0 Å². The zero-order valence-electron chi connectivity index (χ0n) is 9.80. The molecule has 3 rings (SSSR count). The number of aromatic nitrogens is 1. The van der Waals surface area contributed by atoms with Gasteiger partial charge in [0, 0.05) is 36.3 Å². The molecule has 0 amide bonds. The molecule has 1 fully saturated rings. The summed E-state index contributed by atoms with van der Waals surface area (Å²) in [6.45, 7) is 2.06. The van der Waals surface area contributed by atoms with Crippen LogP contribution < -0.4 is 4.84 Å². The van der Waals surface area contributed by atoms with Crippen LogP contribution in [0.1, 0.15) is 19.3 Å². The molecule has 3 heteroatoms. The molecule has 88 valence electrons. The summed E-state index contributed by atoms with van der Waals surface area (Å²) in [5.74, 6) is 0.937. The number of pyridine rings is 1. The zero-order chi connectivity index (χ0) is 11.5. The summed E-state index contributed by atoms with van der Waals surface area (Å²) in [5.41, 5.74) is 0. The molecule has 1 aromatic heterocycles. The van der Waals surface area contributed by atoms with Gasteiger partial charge in [0.25, 0.3) is 0 Å². The number of piperidine rings is 1. The second-order valence-electron chi connectivity index (χ2n) is 4.43. The molecule has 0 aliphatic carbocycles. The molecule has 0 spiro atoms. The van der Waals surface area contributed by atoms with Gasteiger partial charge in [-0.05, 0) is 25.0 Å². The summed E-state index contributed by atoms with van der Waals surface area (Å²) in [5, 5.41) is 4.33. The molecule has 17 heavy (non-hydrogen) atoms. The topological polar surface area (TPSA) is 25.4 Å². The quantitative estimate of drug-likeness (QED) is 0.790. The minimum atomic E-state index is 0.937.